The van der Waals surface area contributed by atoms with E-state index in [9.17, 15) is 0 Å². The smallest absolute Gasteiger partial charge is 0.126 e. The molecule has 19 heavy (non-hydrogen) atoms. The molecule has 0 aromatic carbocycles. The monoisotopic (exact) mass is 342 g/mol. The number of aromatic nitrogens is 1. The van der Waals surface area contributed by atoms with Crippen molar-refractivity contribution in [1.29, 1.82) is 0 Å². The van der Waals surface area contributed by atoms with Gasteiger partial charge in [0.05, 0.1) is 5.60 Å². The van der Waals surface area contributed by atoms with Gasteiger partial charge in [0, 0.05) is 29.1 Å². The fraction of sp³-hybridized carbons (Fsp3) is 0.643. The van der Waals surface area contributed by atoms with Crippen LogP contribution in [0.15, 0.2) is 16.7 Å². The quantitative estimate of drug-likeness (QED) is 0.889. The standard InChI is InChI=1S/C14H19BrN2OS/c1-10-6-13(16-8-12(10)15)17-11-2-4-18-14(7-11)3-5-19-9-14/h6,8,11H,2-5,7,9H2,1H3,(H,16,17). The Morgan fingerprint density at radius 1 is 1.58 bits per heavy atom. The second-order valence-electron chi connectivity index (χ2n) is 5.49. The molecular weight excluding hydrogens is 324 g/mol. The van der Waals surface area contributed by atoms with Crippen LogP contribution in [0.25, 0.3) is 0 Å². The van der Waals surface area contributed by atoms with Crippen molar-refractivity contribution in [2.75, 3.05) is 23.4 Å². The minimum absolute atomic E-state index is 0.130. The van der Waals surface area contributed by atoms with Gasteiger partial charge in [0.1, 0.15) is 5.82 Å². The minimum Gasteiger partial charge on any atom is -0.374 e. The number of pyridine rings is 1. The average molecular weight is 343 g/mol. The number of nitrogens with one attached hydrogen (secondary N) is 1. The van der Waals surface area contributed by atoms with Crippen molar-refractivity contribution >= 4 is 33.5 Å². The Labute approximate surface area is 127 Å². The molecule has 2 aliphatic heterocycles. The van der Waals surface area contributed by atoms with Crippen LogP contribution in [0.5, 0.6) is 0 Å². The molecule has 1 N–H and O–H groups in total. The van der Waals surface area contributed by atoms with Gasteiger partial charge in [-0.2, -0.15) is 11.8 Å². The number of thioether (sulfide) groups is 1. The molecule has 1 spiro atoms. The van der Waals surface area contributed by atoms with Crippen molar-refractivity contribution in [2.45, 2.75) is 37.8 Å². The molecule has 2 saturated heterocycles. The van der Waals surface area contributed by atoms with E-state index >= 15 is 0 Å². The second kappa shape index (κ2) is 5.62. The van der Waals surface area contributed by atoms with Crippen molar-refractivity contribution < 1.29 is 4.74 Å². The van der Waals surface area contributed by atoms with Gasteiger partial charge in [-0.1, -0.05) is 0 Å². The van der Waals surface area contributed by atoms with E-state index in [0.717, 1.165) is 35.5 Å². The van der Waals surface area contributed by atoms with E-state index in [0.29, 0.717) is 6.04 Å². The van der Waals surface area contributed by atoms with Gasteiger partial charge in [0.15, 0.2) is 0 Å². The lowest BCUT2D eigenvalue weighted by Crippen LogP contribution is -2.44. The number of rotatable bonds is 2. The Hall–Kier alpha value is -0.260. The highest BCUT2D eigenvalue weighted by Gasteiger charge is 2.40. The summed E-state index contributed by atoms with van der Waals surface area (Å²) < 4.78 is 7.11. The molecule has 0 aliphatic carbocycles. The van der Waals surface area contributed by atoms with E-state index in [-0.39, 0.29) is 5.60 Å². The SMILES string of the molecule is Cc1cc(NC2CCOC3(CCSC3)C2)ncc1Br. The Morgan fingerprint density at radius 3 is 3.21 bits per heavy atom. The molecule has 5 heteroatoms. The van der Waals surface area contributed by atoms with E-state index in [2.05, 4.69) is 39.2 Å². The summed E-state index contributed by atoms with van der Waals surface area (Å²) in [7, 11) is 0. The molecule has 0 saturated carbocycles. The lowest BCUT2D eigenvalue weighted by atomic mass is 9.90. The summed E-state index contributed by atoms with van der Waals surface area (Å²) in [5.74, 6) is 3.37. The van der Waals surface area contributed by atoms with Gasteiger partial charge in [-0.25, -0.2) is 4.98 Å². The molecule has 2 fully saturated rings. The summed E-state index contributed by atoms with van der Waals surface area (Å²) in [5, 5.41) is 3.58. The van der Waals surface area contributed by atoms with Crippen LogP contribution in [-0.2, 0) is 4.74 Å². The molecule has 104 valence electrons. The zero-order chi connectivity index (χ0) is 13.3. The Balaban J connectivity index is 1.67. The summed E-state index contributed by atoms with van der Waals surface area (Å²) in [6.45, 7) is 2.96. The Kier molecular flexibility index (Phi) is 4.06. The van der Waals surface area contributed by atoms with Crippen LogP contribution in [0.2, 0.25) is 0 Å². The predicted octanol–water partition coefficient (Wildman–Crippen LogP) is 3.62. The lowest BCUT2D eigenvalue weighted by molar-refractivity contribution is -0.0628. The third-order valence-electron chi connectivity index (χ3n) is 3.96. The molecule has 3 heterocycles. The highest BCUT2D eigenvalue weighted by atomic mass is 79.9. The second-order valence-corrected chi connectivity index (χ2v) is 7.45. The number of aryl methyl sites for hydroxylation is 1. The van der Waals surface area contributed by atoms with Crippen molar-refractivity contribution in [2.24, 2.45) is 0 Å². The van der Waals surface area contributed by atoms with Gasteiger partial charge in [0.25, 0.3) is 0 Å². The first-order chi connectivity index (χ1) is 9.17. The summed E-state index contributed by atoms with van der Waals surface area (Å²) in [6.07, 6.45) is 5.25. The molecule has 2 atom stereocenters. The van der Waals surface area contributed by atoms with Crippen LogP contribution < -0.4 is 5.32 Å². The number of halogens is 1. The van der Waals surface area contributed by atoms with Crippen LogP contribution in [-0.4, -0.2) is 34.7 Å². The predicted molar refractivity (Wildman–Crippen MR) is 83.9 cm³/mol. The number of ether oxygens (including phenoxy) is 1. The van der Waals surface area contributed by atoms with Crippen molar-refractivity contribution in [3.05, 3.63) is 22.3 Å². The van der Waals surface area contributed by atoms with Gasteiger partial charge >= 0.3 is 0 Å². The summed E-state index contributed by atoms with van der Waals surface area (Å²) in [5.41, 5.74) is 1.35. The molecule has 0 bridgehead atoms. The van der Waals surface area contributed by atoms with Gasteiger partial charge < -0.3 is 10.1 Å². The topological polar surface area (TPSA) is 34.1 Å². The normalized spacial score (nSPS) is 30.7. The van der Waals surface area contributed by atoms with Crippen LogP contribution in [0.4, 0.5) is 5.82 Å². The van der Waals surface area contributed by atoms with Crippen LogP contribution in [0.1, 0.15) is 24.8 Å². The van der Waals surface area contributed by atoms with Crippen LogP contribution >= 0.6 is 27.7 Å². The van der Waals surface area contributed by atoms with Gasteiger partial charge in [0.2, 0.25) is 0 Å². The highest BCUT2D eigenvalue weighted by Crippen LogP contribution is 2.38. The number of nitrogens with zero attached hydrogens (tertiary/aromatic N) is 1. The molecule has 0 amide bonds. The molecule has 1 aromatic rings. The third kappa shape index (κ3) is 3.09. The maximum Gasteiger partial charge on any atom is 0.126 e. The number of anilines is 1. The molecule has 3 nitrogen and oxygen atoms in total. The lowest BCUT2D eigenvalue weighted by Gasteiger charge is -2.38. The van der Waals surface area contributed by atoms with Gasteiger partial charge in [-0.05, 0) is 59.5 Å². The third-order valence-corrected chi connectivity index (χ3v) is 6.01. The minimum atomic E-state index is 0.130. The van der Waals surface area contributed by atoms with Crippen molar-refractivity contribution in [1.82, 2.24) is 4.98 Å². The Bertz CT molecular complexity index is 463. The zero-order valence-corrected chi connectivity index (χ0v) is 13.5. The molecule has 2 unspecified atom stereocenters. The van der Waals surface area contributed by atoms with E-state index in [1.54, 1.807) is 0 Å². The van der Waals surface area contributed by atoms with E-state index in [1.807, 2.05) is 18.0 Å². The van der Waals surface area contributed by atoms with Crippen LogP contribution in [0, 0.1) is 6.92 Å². The van der Waals surface area contributed by atoms with Crippen molar-refractivity contribution in [3.63, 3.8) is 0 Å². The molecule has 1 aromatic heterocycles. The maximum absolute atomic E-state index is 6.05. The summed E-state index contributed by atoms with van der Waals surface area (Å²) in [6, 6.07) is 2.59. The van der Waals surface area contributed by atoms with Crippen molar-refractivity contribution in [3.8, 4) is 0 Å². The number of hydrogen-bond donors (Lipinski definition) is 1. The Morgan fingerprint density at radius 2 is 2.47 bits per heavy atom. The molecule has 3 rings (SSSR count). The summed E-state index contributed by atoms with van der Waals surface area (Å²) in [4.78, 5) is 4.44. The molecule has 0 radical (unpaired) electrons. The first kappa shape index (κ1) is 13.7. The fourth-order valence-electron chi connectivity index (χ4n) is 2.84. The highest BCUT2D eigenvalue weighted by molar-refractivity contribution is 9.10. The van der Waals surface area contributed by atoms with E-state index in [1.165, 1.54) is 17.7 Å². The summed E-state index contributed by atoms with van der Waals surface area (Å²) >= 11 is 5.51. The molecule has 2 aliphatic rings. The fourth-order valence-corrected chi connectivity index (χ4v) is 4.44. The van der Waals surface area contributed by atoms with E-state index in [4.69, 9.17) is 4.74 Å². The first-order valence-electron chi connectivity index (χ1n) is 6.77. The first-order valence-corrected chi connectivity index (χ1v) is 8.72. The largest absolute Gasteiger partial charge is 0.374 e. The number of hydrogen-bond acceptors (Lipinski definition) is 4. The van der Waals surface area contributed by atoms with Crippen LogP contribution in [0.3, 0.4) is 0 Å². The average Bonchev–Trinajstić information content (AvgIpc) is 2.82. The zero-order valence-electron chi connectivity index (χ0n) is 11.1. The van der Waals surface area contributed by atoms with E-state index < -0.39 is 0 Å². The van der Waals surface area contributed by atoms with Gasteiger partial charge in [-0.3, -0.25) is 0 Å². The van der Waals surface area contributed by atoms with Gasteiger partial charge in [-0.15, -0.1) is 0 Å². The maximum atomic E-state index is 6.05. The molecular formula is C14H19BrN2OS.